The van der Waals surface area contributed by atoms with E-state index in [-0.39, 0.29) is 43.0 Å². The van der Waals surface area contributed by atoms with Crippen molar-refractivity contribution >= 4 is 36.3 Å². The number of nitrogens with zero attached hydrogens (tertiary/aromatic N) is 1. The highest BCUT2D eigenvalue weighted by Gasteiger charge is 2.27. The summed E-state index contributed by atoms with van der Waals surface area (Å²) in [6.45, 7) is 1.52. The predicted molar refractivity (Wildman–Crippen MR) is 130 cm³/mol. The topological polar surface area (TPSA) is 153 Å². The Balaban J connectivity index is 2.42. The molecule has 190 valence electrons. The van der Waals surface area contributed by atoms with Crippen molar-refractivity contribution < 1.29 is 28.3 Å². The van der Waals surface area contributed by atoms with E-state index in [0.717, 1.165) is 12.1 Å². The molecular formula is C23H30FN5O5S. The van der Waals surface area contributed by atoms with Crippen LogP contribution in [0.3, 0.4) is 0 Å². The molecule has 12 heteroatoms. The lowest BCUT2D eigenvalue weighted by Crippen LogP contribution is -2.46. The number of cyclic esters (lactones) is 1. The summed E-state index contributed by atoms with van der Waals surface area (Å²) in [5, 5.41) is 7.49. The fourth-order valence-corrected chi connectivity index (χ4v) is 3.28. The maximum atomic E-state index is 14.2. The summed E-state index contributed by atoms with van der Waals surface area (Å²) < 4.78 is 19.7. The van der Waals surface area contributed by atoms with Crippen molar-refractivity contribution in [2.45, 2.75) is 51.3 Å². The zero-order valence-electron chi connectivity index (χ0n) is 19.4. The smallest absolute Gasteiger partial charge is 0.329 e. The summed E-state index contributed by atoms with van der Waals surface area (Å²) in [5.74, 6) is -2.94. The minimum absolute atomic E-state index is 0.126. The van der Waals surface area contributed by atoms with E-state index in [9.17, 15) is 23.6 Å². The van der Waals surface area contributed by atoms with Crippen molar-refractivity contribution in [1.82, 2.24) is 20.9 Å². The monoisotopic (exact) mass is 507 g/mol. The molecule has 0 radical (unpaired) electrons. The molecule has 0 fully saturated rings. The van der Waals surface area contributed by atoms with Gasteiger partial charge in [-0.05, 0) is 56.7 Å². The Hall–Kier alpha value is -3.25. The number of ether oxygens (including phenoxy) is 1. The third kappa shape index (κ3) is 8.80. The largest absolute Gasteiger partial charge is 0.456 e. The molecule has 0 spiro atoms. The van der Waals surface area contributed by atoms with Gasteiger partial charge in [-0.3, -0.25) is 14.4 Å². The maximum absolute atomic E-state index is 14.2. The molecule has 10 nitrogen and oxygen atoms in total. The number of carbonyl (C=O) groups is 4. The number of nitrogens with one attached hydrogen (secondary N) is 3. The minimum atomic E-state index is -1.06. The third-order valence-electron chi connectivity index (χ3n) is 4.97. The summed E-state index contributed by atoms with van der Waals surface area (Å²) in [6.07, 6.45) is 4.66. The summed E-state index contributed by atoms with van der Waals surface area (Å²) in [6, 6.07) is 1.15. The highest BCUT2D eigenvalue weighted by molar-refractivity contribution is 7.80. The number of nitrogens with two attached hydrogens (primary N) is 1. The van der Waals surface area contributed by atoms with Gasteiger partial charge in [-0.15, -0.1) is 0 Å². The number of allylic oxidation sites excluding steroid dienone is 2. The normalized spacial score (nSPS) is 21.4. The van der Waals surface area contributed by atoms with Crippen molar-refractivity contribution in [3.8, 4) is 0 Å². The molecule has 3 amide bonds. The second kappa shape index (κ2) is 14.2. The number of esters is 1. The molecule has 2 rings (SSSR count). The average molecular weight is 508 g/mol. The molecule has 0 unspecified atom stereocenters. The summed E-state index contributed by atoms with van der Waals surface area (Å²) >= 11 is 4.13. The summed E-state index contributed by atoms with van der Waals surface area (Å²) in [7, 11) is 0. The predicted octanol–water partition coefficient (Wildman–Crippen LogP) is 0.886. The lowest BCUT2D eigenvalue weighted by atomic mass is 10.1. The van der Waals surface area contributed by atoms with Crippen LogP contribution < -0.4 is 21.7 Å². The zero-order chi connectivity index (χ0) is 25.8. The molecule has 2 heterocycles. The van der Waals surface area contributed by atoms with Crippen LogP contribution in [0.2, 0.25) is 0 Å². The van der Waals surface area contributed by atoms with E-state index >= 15 is 0 Å². The Morgan fingerprint density at radius 3 is 2.71 bits per heavy atom. The highest BCUT2D eigenvalue weighted by Crippen LogP contribution is 2.11. The number of fused-ring (bicyclic) bond motifs is 2. The van der Waals surface area contributed by atoms with E-state index in [1.165, 1.54) is 13.0 Å². The molecule has 1 aliphatic rings. The van der Waals surface area contributed by atoms with Gasteiger partial charge in [0.2, 0.25) is 5.91 Å². The molecule has 2 atom stereocenters. The van der Waals surface area contributed by atoms with Crippen molar-refractivity contribution in [3.63, 3.8) is 0 Å². The van der Waals surface area contributed by atoms with Gasteiger partial charge >= 0.3 is 5.97 Å². The van der Waals surface area contributed by atoms with E-state index < -0.39 is 41.7 Å². The summed E-state index contributed by atoms with van der Waals surface area (Å²) in [4.78, 5) is 54.9. The van der Waals surface area contributed by atoms with Gasteiger partial charge in [0.25, 0.3) is 11.8 Å². The maximum Gasteiger partial charge on any atom is 0.329 e. The molecule has 1 aromatic heterocycles. The van der Waals surface area contributed by atoms with E-state index in [2.05, 4.69) is 33.6 Å². The van der Waals surface area contributed by atoms with E-state index in [0.29, 0.717) is 18.6 Å². The first-order valence-electron chi connectivity index (χ1n) is 11.2. The SMILES string of the molecule is C/C=C1\NC(=O)c2ccc(F)c(n2)CNC(=O)C[C@@H](/C=C/CCS)OC(=O)[C@H](CCCN)NC1=O. The average Bonchev–Trinajstić information content (AvgIpc) is 2.83. The first kappa shape index (κ1) is 28.0. The zero-order valence-corrected chi connectivity index (χ0v) is 20.3. The van der Waals surface area contributed by atoms with Crippen LogP contribution in [0.15, 0.2) is 36.1 Å². The summed E-state index contributed by atoms with van der Waals surface area (Å²) in [5.41, 5.74) is 5.13. The Labute approximate surface area is 208 Å². The first-order valence-corrected chi connectivity index (χ1v) is 11.8. The van der Waals surface area contributed by atoms with Crippen LogP contribution in [0.4, 0.5) is 4.39 Å². The van der Waals surface area contributed by atoms with Crippen LogP contribution in [0.25, 0.3) is 0 Å². The number of carbonyl (C=O) groups excluding carboxylic acids is 4. The van der Waals surface area contributed by atoms with E-state index in [4.69, 9.17) is 10.5 Å². The number of halogens is 1. The van der Waals surface area contributed by atoms with Crippen LogP contribution >= 0.6 is 12.6 Å². The molecular weight excluding hydrogens is 477 g/mol. The van der Waals surface area contributed by atoms with Gasteiger partial charge in [0.15, 0.2) is 0 Å². The van der Waals surface area contributed by atoms with Gasteiger partial charge < -0.3 is 26.4 Å². The Kier molecular flexibility index (Phi) is 11.4. The molecule has 5 N–H and O–H groups in total. The lowest BCUT2D eigenvalue weighted by Gasteiger charge is -2.22. The molecule has 1 aliphatic heterocycles. The number of pyridine rings is 1. The second-order valence-electron chi connectivity index (χ2n) is 7.64. The van der Waals surface area contributed by atoms with Crippen molar-refractivity contribution in [3.05, 3.63) is 53.3 Å². The Morgan fingerprint density at radius 1 is 1.26 bits per heavy atom. The van der Waals surface area contributed by atoms with Gasteiger partial charge in [0.05, 0.1) is 18.7 Å². The van der Waals surface area contributed by atoms with Crippen LogP contribution in [0.1, 0.15) is 48.8 Å². The molecule has 0 saturated heterocycles. The van der Waals surface area contributed by atoms with Crippen molar-refractivity contribution in [1.29, 1.82) is 0 Å². The number of thiol groups is 1. The number of hydrogen-bond acceptors (Lipinski definition) is 8. The second-order valence-corrected chi connectivity index (χ2v) is 8.08. The first-order chi connectivity index (χ1) is 16.8. The van der Waals surface area contributed by atoms with Crippen LogP contribution in [-0.2, 0) is 25.7 Å². The number of hydrogen-bond donors (Lipinski definition) is 5. The Morgan fingerprint density at radius 2 is 2.03 bits per heavy atom. The fourth-order valence-electron chi connectivity index (χ4n) is 3.13. The van der Waals surface area contributed by atoms with E-state index in [1.54, 1.807) is 12.2 Å². The number of amides is 3. The van der Waals surface area contributed by atoms with Crippen molar-refractivity contribution in [2.75, 3.05) is 12.3 Å². The lowest BCUT2D eigenvalue weighted by molar-refractivity contribution is -0.152. The van der Waals surface area contributed by atoms with Crippen molar-refractivity contribution in [2.24, 2.45) is 5.73 Å². The minimum Gasteiger partial charge on any atom is -0.456 e. The van der Waals surface area contributed by atoms with Gasteiger partial charge in [-0.1, -0.05) is 12.2 Å². The van der Waals surface area contributed by atoms with E-state index in [1.807, 2.05) is 0 Å². The van der Waals surface area contributed by atoms with Crippen LogP contribution in [0.5, 0.6) is 0 Å². The highest BCUT2D eigenvalue weighted by atomic mass is 32.1. The fraction of sp³-hybridized carbons (Fsp3) is 0.435. The van der Waals surface area contributed by atoms with Gasteiger partial charge in [0, 0.05) is 0 Å². The standard InChI is InChI=1S/C23H30FN5O5S/c1-2-16-21(31)29-18(7-5-10-25)23(33)34-14(6-3-4-11-35)12-20(30)26-13-19-15(24)8-9-17(27-19)22(32)28-16/h2-3,6,8-9,14,18,35H,4-5,7,10-13,25H2,1H3,(H,26,30)(H,28,32)(H,29,31)/b6-3+,16-2-/t14-,18+/m1/s1. The molecule has 1 aromatic rings. The molecule has 35 heavy (non-hydrogen) atoms. The van der Waals surface area contributed by atoms with Gasteiger partial charge in [0.1, 0.15) is 29.4 Å². The molecule has 0 saturated carbocycles. The Bertz CT molecular complexity index is 1000. The molecule has 0 aliphatic carbocycles. The van der Waals surface area contributed by atoms with Gasteiger partial charge in [-0.2, -0.15) is 12.6 Å². The molecule has 2 bridgehead atoms. The number of rotatable bonds is 6. The quantitative estimate of drug-likeness (QED) is 0.166. The van der Waals surface area contributed by atoms with Crippen LogP contribution in [0, 0.1) is 5.82 Å². The van der Waals surface area contributed by atoms with Crippen LogP contribution in [-0.4, -0.2) is 53.1 Å². The molecule has 0 aromatic carbocycles. The third-order valence-corrected chi connectivity index (χ3v) is 5.23. The van der Waals surface area contributed by atoms with Gasteiger partial charge in [-0.25, -0.2) is 14.2 Å². The number of aromatic nitrogens is 1.